The average molecular weight is 261 g/mol. The third kappa shape index (κ3) is 3.73. The van der Waals surface area contributed by atoms with Crippen LogP contribution in [0.1, 0.15) is 49.3 Å². The SMILES string of the molecule is CCCNC1CCC(Oc2cc(C)cc(C)c2C)C1. The van der Waals surface area contributed by atoms with Crippen molar-refractivity contribution in [2.75, 3.05) is 6.54 Å². The van der Waals surface area contributed by atoms with Gasteiger partial charge >= 0.3 is 0 Å². The Morgan fingerprint density at radius 1 is 1.21 bits per heavy atom. The molecule has 1 N–H and O–H groups in total. The maximum absolute atomic E-state index is 6.24. The zero-order chi connectivity index (χ0) is 13.8. The number of hydrogen-bond donors (Lipinski definition) is 1. The van der Waals surface area contributed by atoms with Gasteiger partial charge in [-0.1, -0.05) is 13.0 Å². The van der Waals surface area contributed by atoms with Gasteiger partial charge in [0.1, 0.15) is 11.9 Å². The Labute approximate surface area is 117 Å². The molecule has 1 aromatic carbocycles. The summed E-state index contributed by atoms with van der Waals surface area (Å²) >= 11 is 0. The number of hydrogen-bond acceptors (Lipinski definition) is 2. The summed E-state index contributed by atoms with van der Waals surface area (Å²) in [5, 5.41) is 3.60. The summed E-state index contributed by atoms with van der Waals surface area (Å²) in [5.41, 5.74) is 3.90. The van der Waals surface area contributed by atoms with Crippen LogP contribution in [-0.4, -0.2) is 18.7 Å². The molecular formula is C17H27NO. The number of benzene rings is 1. The second-order valence-corrected chi connectivity index (χ2v) is 5.91. The average Bonchev–Trinajstić information content (AvgIpc) is 2.80. The molecule has 2 atom stereocenters. The normalized spacial score (nSPS) is 22.7. The van der Waals surface area contributed by atoms with Gasteiger partial charge in [-0.3, -0.25) is 0 Å². The van der Waals surface area contributed by atoms with E-state index in [9.17, 15) is 0 Å². The highest BCUT2D eigenvalue weighted by Gasteiger charge is 2.26. The molecule has 2 nitrogen and oxygen atoms in total. The van der Waals surface area contributed by atoms with E-state index in [-0.39, 0.29) is 0 Å². The molecule has 19 heavy (non-hydrogen) atoms. The van der Waals surface area contributed by atoms with Crippen LogP contribution >= 0.6 is 0 Å². The van der Waals surface area contributed by atoms with E-state index in [0.29, 0.717) is 12.1 Å². The maximum atomic E-state index is 6.24. The fraction of sp³-hybridized carbons (Fsp3) is 0.647. The lowest BCUT2D eigenvalue weighted by Gasteiger charge is -2.18. The van der Waals surface area contributed by atoms with Crippen LogP contribution in [0.2, 0.25) is 0 Å². The first kappa shape index (κ1) is 14.4. The van der Waals surface area contributed by atoms with Gasteiger partial charge in [-0.05, 0) is 75.8 Å². The summed E-state index contributed by atoms with van der Waals surface area (Å²) in [6.45, 7) is 9.80. The van der Waals surface area contributed by atoms with Gasteiger partial charge < -0.3 is 10.1 Å². The highest BCUT2D eigenvalue weighted by molar-refractivity contribution is 5.42. The van der Waals surface area contributed by atoms with Crippen LogP contribution in [0.5, 0.6) is 5.75 Å². The van der Waals surface area contributed by atoms with E-state index in [1.54, 1.807) is 0 Å². The zero-order valence-electron chi connectivity index (χ0n) is 12.8. The quantitative estimate of drug-likeness (QED) is 0.867. The van der Waals surface area contributed by atoms with Gasteiger partial charge in [-0.15, -0.1) is 0 Å². The van der Waals surface area contributed by atoms with Crippen LogP contribution in [-0.2, 0) is 0 Å². The molecule has 1 aliphatic carbocycles. The molecule has 106 valence electrons. The maximum Gasteiger partial charge on any atom is 0.123 e. The van der Waals surface area contributed by atoms with Crippen molar-refractivity contribution in [3.8, 4) is 5.75 Å². The largest absolute Gasteiger partial charge is 0.490 e. The summed E-state index contributed by atoms with van der Waals surface area (Å²) in [5.74, 6) is 1.08. The van der Waals surface area contributed by atoms with Crippen molar-refractivity contribution in [2.45, 2.75) is 65.5 Å². The molecule has 1 aromatic rings. The Balaban J connectivity index is 1.95. The molecule has 1 saturated carbocycles. The lowest BCUT2D eigenvalue weighted by Crippen LogP contribution is -2.28. The predicted molar refractivity (Wildman–Crippen MR) is 81.0 cm³/mol. The zero-order valence-corrected chi connectivity index (χ0v) is 12.8. The Hall–Kier alpha value is -1.02. The van der Waals surface area contributed by atoms with Gasteiger partial charge in [0.25, 0.3) is 0 Å². The molecule has 2 rings (SSSR count). The van der Waals surface area contributed by atoms with E-state index in [0.717, 1.165) is 18.7 Å². The lowest BCUT2D eigenvalue weighted by atomic mass is 10.1. The third-order valence-corrected chi connectivity index (χ3v) is 4.13. The molecule has 0 amide bonds. The van der Waals surface area contributed by atoms with Crippen molar-refractivity contribution in [1.82, 2.24) is 5.32 Å². The summed E-state index contributed by atoms with van der Waals surface area (Å²) in [6, 6.07) is 5.05. The van der Waals surface area contributed by atoms with E-state index >= 15 is 0 Å². The monoisotopic (exact) mass is 261 g/mol. The minimum absolute atomic E-state index is 0.384. The standard InChI is InChI=1S/C17H27NO/c1-5-8-18-15-6-7-16(11-15)19-17-10-12(2)9-13(3)14(17)4/h9-10,15-16,18H,5-8,11H2,1-4H3. The van der Waals surface area contributed by atoms with Crippen LogP contribution in [0.4, 0.5) is 0 Å². The Morgan fingerprint density at radius 2 is 2.00 bits per heavy atom. The van der Waals surface area contributed by atoms with Crippen LogP contribution in [0.15, 0.2) is 12.1 Å². The van der Waals surface area contributed by atoms with Crippen molar-refractivity contribution >= 4 is 0 Å². The van der Waals surface area contributed by atoms with Gasteiger partial charge in [-0.25, -0.2) is 0 Å². The summed E-state index contributed by atoms with van der Waals surface area (Å²) in [4.78, 5) is 0. The van der Waals surface area contributed by atoms with Crippen LogP contribution in [0.25, 0.3) is 0 Å². The molecule has 0 saturated heterocycles. The van der Waals surface area contributed by atoms with Gasteiger partial charge in [0.15, 0.2) is 0 Å². The van der Waals surface area contributed by atoms with Crippen molar-refractivity contribution in [3.05, 3.63) is 28.8 Å². The molecule has 0 aromatic heterocycles. The summed E-state index contributed by atoms with van der Waals surface area (Å²) in [6.07, 6.45) is 5.15. The van der Waals surface area contributed by atoms with Gasteiger partial charge in [0, 0.05) is 6.04 Å². The molecule has 2 unspecified atom stereocenters. The van der Waals surface area contributed by atoms with Crippen LogP contribution in [0.3, 0.4) is 0 Å². The van der Waals surface area contributed by atoms with Crippen molar-refractivity contribution in [3.63, 3.8) is 0 Å². The third-order valence-electron chi connectivity index (χ3n) is 4.13. The van der Waals surface area contributed by atoms with E-state index in [1.807, 2.05) is 0 Å². The Bertz CT molecular complexity index is 428. The fourth-order valence-electron chi connectivity index (χ4n) is 2.88. The van der Waals surface area contributed by atoms with E-state index < -0.39 is 0 Å². The molecule has 1 aliphatic rings. The van der Waals surface area contributed by atoms with E-state index in [1.165, 1.54) is 36.0 Å². The van der Waals surface area contributed by atoms with Gasteiger partial charge in [-0.2, -0.15) is 0 Å². The molecule has 0 radical (unpaired) electrons. The summed E-state index contributed by atoms with van der Waals surface area (Å²) in [7, 11) is 0. The number of ether oxygens (including phenoxy) is 1. The molecule has 2 heteroatoms. The van der Waals surface area contributed by atoms with Crippen LogP contribution in [0, 0.1) is 20.8 Å². The first-order valence-corrected chi connectivity index (χ1v) is 7.58. The first-order chi connectivity index (χ1) is 9.10. The highest BCUT2D eigenvalue weighted by Crippen LogP contribution is 2.29. The minimum Gasteiger partial charge on any atom is -0.490 e. The van der Waals surface area contributed by atoms with Gasteiger partial charge in [0.05, 0.1) is 0 Å². The molecule has 0 aliphatic heterocycles. The second-order valence-electron chi connectivity index (χ2n) is 5.91. The highest BCUT2D eigenvalue weighted by atomic mass is 16.5. The predicted octanol–water partition coefficient (Wildman–Crippen LogP) is 3.91. The number of rotatable bonds is 5. The Morgan fingerprint density at radius 3 is 2.74 bits per heavy atom. The second kappa shape index (κ2) is 6.42. The Kier molecular flexibility index (Phi) is 4.87. The smallest absolute Gasteiger partial charge is 0.123 e. The molecule has 0 bridgehead atoms. The minimum atomic E-state index is 0.384. The number of aryl methyl sites for hydroxylation is 2. The van der Waals surface area contributed by atoms with E-state index in [4.69, 9.17) is 4.74 Å². The van der Waals surface area contributed by atoms with Crippen molar-refractivity contribution in [1.29, 1.82) is 0 Å². The molecule has 0 heterocycles. The number of nitrogens with one attached hydrogen (secondary N) is 1. The molecule has 1 fully saturated rings. The topological polar surface area (TPSA) is 21.3 Å². The summed E-state index contributed by atoms with van der Waals surface area (Å²) < 4.78 is 6.24. The lowest BCUT2D eigenvalue weighted by molar-refractivity contribution is 0.204. The van der Waals surface area contributed by atoms with Crippen molar-refractivity contribution in [2.24, 2.45) is 0 Å². The molecular weight excluding hydrogens is 234 g/mol. The molecule has 0 spiro atoms. The van der Waals surface area contributed by atoms with Crippen molar-refractivity contribution < 1.29 is 4.74 Å². The van der Waals surface area contributed by atoms with E-state index in [2.05, 4.69) is 45.1 Å². The first-order valence-electron chi connectivity index (χ1n) is 7.58. The van der Waals surface area contributed by atoms with Gasteiger partial charge in [0.2, 0.25) is 0 Å². The fourth-order valence-corrected chi connectivity index (χ4v) is 2.88. The van der Waals surface area contributed by atoms with Crippen LogP contribution < -0.4 is 10.1 Å².